The van der Waals surface area contributed by atoms with Gasteiger partial charge in [0.1, 0.15) is 6.33 Å². The summed E-state index contributed by atoms with van der Waals surface area (Å²) < 4.78 is 4.67. The van der Waals surface area contributed by atoms with E-state index in [4.69, 9.17) is 12.2 Å². The SMILES string of the molecule is Cn1cnn(CN2C[C@@]3(C)C[C@H]2CC(C)(C)C3)c1=S. The van der Waals surface area contributed by atoms with Crippen LogP contribution in [0, 0.1) is 15.6 Å². The molecule has 19 heavy (non-hydrogen) atoms. The number of fused-ring (bicyclic) bond motifs is 2. The van der Waals surface area contributed by atoms with Crippen molar-refractivity contribution < 1.29 is 0 Å². The van der Waals surface area contributed by atoms with E-state index in [1.54, 1.807) is 6.33 Å². The number of aromatic nitrogens is 3. The van der Waals surface area contributed by atoms with Crippen molar-refractivity contribution in [3.05, 3.63) is 11.1 Å². The minimum atomic E-state index is 0.470. The summed E-state index contributed by atoms with van der Waals surface area (Å²) in [6.45, 7) is 9.29. The Morgan fingerprint density at radius 3 is 2.74 bits per heavy atom. The number of nitrogens with zero attached hydrogens (tertiary/aromatic N) is 4. The van der Waals surface area contributed by atoms with Crippen molar-refractivity contribution in [1.82, 2.24) is 19.2 Å². The van der Waals surface area contributed by atoms with Crippen LogP contribution in [0.3, 0.4) is 0 Å². The van der Waals surface area contributed by atoms with Gasteiger partial charge in [-0.15, -0.1) is 0 Å². The molecule has 106 valence electrons. The third kappa shape index (κ3) is 2.38. The Bertz CT molecular complexity index is 544. The van der Waals surface area contributed by atoms with Gasteiger partial charge in [-0.1, -0.05) is 20.8 Å². The molecule has 1 aliphatic heterocycles. The quantitative estimate of drug-likeness (QED) is 0.779. The van der Waals surface area contributed by atoms with Crippen molar-refractivity contribution in [2.24, 2.45) is 17.9 Å². The van der Waals surface area contributed by atoms with E-state index in [2.05, 4.69) is 30.8 Å². The van der Waals surface area contributed by atoms with Gasteiger partial charge in [-0.05, 0) is 42.3 Å². The lowest BCUT2D eigenvalue weighted by Crippen LogP contribution is -2.35. The van der Waals surface area contributed by atoms with Gasteiger partial charge in [-0.2, -0.15) is 5.10 Å². The molecule has 0 radical (unpaired) electrons. The van der Waals surface area contributed by atoms with Gasteiger partial charge in [0.05, 0.1) is 6.67 Å². The van der Waals surface area contributed by atoms with E-state index in [1.165, 1.54) is 25.8 Å². The summed E-state index contributed by atoms with van der Waals surface area (Å²) in [6.07, 6.45) is 5.76. The molecule has 2 fully saturated rings. The summed E-state index contributed by atoms with van der Waals surface area (Å²) in [5.74, 6) is 0. The van der Waals surface area contributed by atoms with Crippen molar-refractivity contribution in [3.8, 4) is 0 Å². The summed E-state index contributed by atoms with van der Waals surface area (Å²) in [5, 5.41) is 4.39. The van der Waals surface area contributed by atoms with E-state index < -0.39 is 0 Å². The second-order valence-corrected chi connectivity index (χ2v) is 7.99. The van der Waals surface area contributed by atoms with Gasteiger partial charge in [0.15, 0.2) is 4.77 Å². The maximum Gasteiger partial charge on any atom is 0.198 e. The van der Waals surface area contributed by atoms with Crippen LogP contribution < -0.4 is 0 Å². The monoisotopic (exact) mass is 280 g/mol. The Balaban J connectivity index is 1.81. The van der Waals surface area contributed by atoms with Crippen LogP contribution in [-0.4, -0.2) is 31.8 Å². The first-order chi connectivity index (χ1) is 8.78. The third-order valence-corrected chi connectivity index (χ3v) is 5.22. The van der Waals surface area contributed by atoms with E-state index >= 15 is 0 Å². The Kier molecular flexibility index (Phi) is 2.91. The third-order valence-electron chi connectivity index (χ3n) is 4.73. The Morgan fingerprint density at radius 1 is 1.37 bits per heavy atom. The summed E-state index contributed by atoms with van der Waals surface area (Å²) >= 11 is 5.39. The average molecular weight is 280 g/mol. The second kappa shape index (κ2) is 4.16. The molecule has 2 aliphatic rings. The molecule has 0 unspecified atom stereocenters. The molecule has 1 saturated carbocycles. The molecule has 0 N–H and O–H groups in total. The first-order valence-electron chi connectivity index (χ1n) is 7.11. The minimum absolute atomic E-state index is 0.470. The van der Waals surface area contributed by atoms with Crippen LogP contribution in [0.25, 0.3) is 0 Å². The van der Waals surface area contributed by atoms with Gasteiger partial charge in [-0.3, -0.25) is 4.90 Å². The van der Waals surface area contributed by atoms with E-state index in [9.17, 15) is 0 Å². The zero-order chi connectivity index (χ0) is 13.8. The lowest BCUT2D eigenvalue weighted by atomic mass is 9.65. The molecule has 0 spiro atoms. The Morgan fingerprint density at radius 2 is 2.11 bits per heavy atom. The van der Waals surface area contributed by atoms with Crippen LogP contribution in [0.1, 0.15) is 40.0 Å². The molecular formula is C14H24N4S. The van der Waals surface area contributed by atoms with Crippen molar-refractivity contribution in [1.29, 1.82) is 0 Å². The maximum atomic E-state index is 5.39. The van der Waals surface area contributed by atoms with Crippen LogP contribution in [-0.2, 0) is 13.7 Å². The standard InChI is InChI=1S/C14H24N4S/c1-13(2)5-11-6-14(3,7-13)8-17(11)10-18-12(19)16(4)9-15-18/h9,11H,5-8,10H2,1-4H3/t11-,14+/m1/s1. The first kappa shape index (κ1) is 13.3. The molecule has 2 heterocycles. The molecule has 3 rings (SSSR count). The fourth-order valence-corrected chi connectivity index (χ4v) is 4.58. The van der Waals surface area contributed by atoms with E-state index in [0.29, 0.717) is 16.9 Å². The highest BCUT2D eigenvalue weighted by Gasteiger charge is 2.49. The van der Waals surface area contributed by atoms with Crippen molar-refractivity contribution in [3.63, 3.8) is 0 Å². The second-order valence-electron chi connectivity index (χ2n) is 7.63. The van der Waals surface area contributed by atoms with Crippen LogP contribution in [0.15, 0.2) is 6.33 Å². The number of hydrogen-bond acceptors (Lipinski definition) is 3. The predicted molar refractivity (Wildman–Crippen MR) is 78.3 cm³/mol. The zero-order valence-corrected chi connectivity index (χ0v) is 13.2. The fraction of sp³-hybridized carbons (Fsp3) is 0.857. The average Bonchev–Trinajstić information content (AvgIpc) is 2.68. The summed E-state index contributed by atoms with van der Waals surface area (Å²) in [6, 6.07) is 0.692. The molecule has 1 aromatic heterocycles. The van der Waals surface area contributed by atoms with Crippen molar-refractivity contribution in [2.45, 2.75) is 52.7 Å². The van der Waals surface area contributed by atoms with Crippen LogP contribution in [0.4, 0.5) is 0 Å². The molecule has 0 amide bonds. The molecule has 5 heteroatoms. The lowest BCUT2D eigenvalue weighted by Gasteiger charge is -2.39. The van der Waals surface area contributed by atoms with Gasteiger partial charge in [0, 0.05) is 19.6 Å². The molecule has 0 aromatic carbocycles. The molecular weight excluding hydrogens is 256 g/mol. The van der Waals surface area contributed by atoms with Crippen LogP contribution in [0.2, 0.25) is 0 Å². The molecule has 1 saturated heterocycles. The van der Waals surface area contributed by atoms with E-state index in [0.717, 1.165) is 11.4 Å². The number of rotatable bonds is 2. The molecule has 1 aliphatic carbocycles. The molecule has 2 atom stereocenters. The largest absolute Gasteiger partial charge is 0.310 e. The molecule has 1 aromatic rings. The summed E-state index contributed by atoms with van der Waals surface area (Å²) in [7, 11) is 1.96. The van der Waals surface area contributed by atoms with Crippen LogP contribution in [0.5, 0.6) is 0 Å². The first-order valence-corrected chi connectivity index (χ1v) is 7.51. The zero-order valence-electron chi connectivity index (χ0n) is 12.4. The smallest absolute Gasteiger partial charge is 0.198 e. The topological polar surface area (TPSA) is 26.0 Å². The van der Waals surface area contributed by atoms with E-state index in [1.807, 2.05) is 16.3 Å². The number of likely N-dealkylation sites (tertiary alicyclic amines) is 1. The molecule has 4 nitrogen and oxygen atoms in total. The van der Waals surface area contributed by atoms with Gasteiger partial charge in [0.25, 0.3) is 0 Å². The number of aryl methyl sites for hydroxylation is 1. The highest BCUT2D eigenvalue weighted by Crippen LogP contribution is 2.52. The van der Waals surface area contributed by atoms with Crippen molar-refractivity contribution in [2.75, 3.05) is 6.54 Å². The lowest BCUT2D eigenvalue weighted by molar-refractivity contribution is 0.119. The van der Waals surface area contributed by atoms with E-state index in [-0.39, 0.29) is 0 Å². The van der Waals surface area contributed by atoms with Gasteiger partial charge in [-0.25, -0.2) is 4.68 Å². The normalized spacial score (nSPS) is 33.8. The predicted octanol–water partition coefficient (Wildman–Crippen LogP) is 2.81. The minimum Gasteiger partial charge on any atom is -0.310 e. The fourth-order valence-electron chi connectivity index (χ4n) is 4.43. The number of hydrogen-bond donors (Lipinski definition) is 0. The van der Waals surface area contributed by atoms with Gasteiger partial charge in [0.2, 0.25) is 0 Å². The highest BCUT2D eigenvalue weighted by atomic mass is 32.1. The highest BCUT2D eigenvalue weighted by molar-refractivity contribution is 7.71. The van der Waals surface area contributed by atoms with Gasteiger partial charge >= 0.3 is 0 Å². The Hall–Kier alpha value is -0.680. The molecule has 2 bridgehead atoms. The van der Waals surface area contributed by atoms with Gasteiger partial charge < -0.3 is 4.57 Å². The summed E-state index contributed by atoms with van der Waals surface area (Å²) in [4.78, 5) is 2.58. The summed E-state index contributed by atoms with van der Waals surface area (Å²) in [5.41, 5.74) is 0.946. The van der Waals surface area contributed by atoms with Crippen LogP contribution >= 0.6 is 12.2 Å². The Labute approximate surface area is 120 Å². The van der Waals surface area contributed by atoms with Crippen molar-refractivity contribution >= 4 is 12.2 Å². The maximum absolute atomic E-state index is 5.39.